The quantitative estimate of drug-likeness (QED) is 0.336. The van der Waals surface area contributed by atoms with Crippen molar-refractivity contribution in [1.29, 1.82) is 0 Å². The summed E-state index contributed by atoms with van der Waals surface area (Å²) >= 11 is 0. The highest BCUT2D eigenvalue weighted by Crippen LogP contribution is 2.45. The third-order valence-corrected chi connectivity index (χ3v) is 6.61. The van der Waals surface area contributed by atoms with Crippen molar-refractivity contribution in [2.24, 2.45) is 0 Å². The molecule has 0 spiro atoms. The number of carboxylic acid groups (broad SMARTS) is 1. The van der Waals surface area contributed by atoms with Crippen molar-refractivity contribution in [3.8, 4) is 22.4 Å². The summed E-state index contributed by atoms with van der Waals surface area (Å²) < 4.78 is 31.5. The second-order valence-electron chi connectivity index (χ2n) is 8.29. The molecule has 0 aliphatic heterocycles. The predicted octanol–water partition coefficient (Wildman–Crippen LogP) is 5.22. The number of carboxylic acids is 1. The van der Waals surface area contributed by atoms with Crippen LogP contribution in [0.5, 0.6) is 0 Å². The zero-order chi connectivity index (χ0) is 24.9. The van der Waals surface area contributed by atoms with E-state index >= 15 is 0 Å². The first kappa shape index (κ1) is 25.7. The summed E-state index contributed by atoms with van der Waals surface area (Å²) in [6.45, 7) is 3.57. The molecular weight excluding hydrogens is 460 g/mol. The van der Waals surface area contributed by atoms with E-state index in [1.165, 1.54) is 12.1 Å². The minimum absolute atomic E-state index is 0.0721. The van der Waals surface area contributed by atoms with Crippen LogP contribution in [0, 0.1) is 5.82 Å². The fraction of sp³-hybridized carbons (Fsp3) is 0.280. The average Bonchev–Trinajstić information content (AvgIpc) is 2.77. The maximum Gasteiger partial charge on any atom is 0.331 e. The largest absolute Gasteiger partial charge is 0.481 e. The minimum Gasteiger partial charge on any atom is -0.481 e. The van der Waals surface area contributed by atoms with Crippen LogP contribution >= 0.6 is 7.60 Å². The number of aromatic nitrogens is 1. The van der Waals surface area contributed by atoms with Crippen LogP contribution < -0.4 is 0 Å². The van der Waals surface area contributed by atoms with Gasteiger partial charge >= 0.3 is 13.6 Å². The fourth-order valence-corrected chi connectivity index (χ4v) is 4.71. The van der Waals surface area contributed by atoms with Gasteiger partial charge in [0.15, 0.2) is 0 Å². The van der Waals surface area contributed by atoms with E-state index in [9.17, 15) is 23.7 Å². The number of hydrogen-bond donors (Lipinski definition) is 3. The molecule has 1 unspecified atom stereocenters. The molecule has 3 rings (SSSR count). The first-order valence-corrected chi connectivity index (χ1v) is 12.5. The van der Waals surface area contributed by atoms with Crippen molar-refractivity contribution < 1.29 is 33.4 Å². The standard InChI is InChI=1S/C25H27FNO6P/c1-16(2)25-22(14-33-34(31,32)15-20(28)12-24(29)30)21(17-8-10-19(26)11-9-17)13-23(27-25)18-6-4-3-5-7-18/h3-11,13,16,20,28H,12,14-15H2,1-2H3,(H,29,30)(H,31,32)/t20-/m1/s1. The van der Waals surface area contributed by atoms with Gasteiger partial charge in [-0.2, -0.15) is 0 Å². The van der Waals surface area contributed by atoms with Crippen molar-refractivity contribution >= 4 is 13.6 Å². The highest BCUT2D eigenvalue weighted by atomic mass is 31.2. The van der Waals surface area contributed by atoms with E-state index in [2.05, 4.69) is 0 Å². The summed E-state index contributed by atoms with van der Waals surface area (Å²) in [5.74, 6) is -1.75. The van der Waals surface area contributed by atoms with Gasteiger partial charge in [0.1, 0.15) is 5.82 Å². The molecule has 34 heavy (non-hydrogen) atoms. The summed E-state index contributed by atoms with van der Waals surface area (Å²) in [5.41, 5.74) is 4.13. The smallest absolute Gasteiger partial charge is 0.331 e. The molecular formula is C25H27FNO6P. The van der Waals surface area contributed by atoms with Gasteiger partial charge in [0.25, 0.3) is 0 Å². The molecule has 0 fully saturated rings. The molecule has 2 atom stereocenters. The fourth-order valence-electron chi connectivity index (χ4n) is 3.61. The highest BCUT2D eigenvalue weighted by Gasteiger charge is 2.27. The lowest BCUT2D eigenvalue weighted by Gasteiger charge is -2.21. The molecule has 180 valence electrons. The van der Waals surface area contributed by atoms with E-state index in [4.69, 9.17) is 14.6 Å². The summed E-state index contributed by atoms with van der Waals surface area (Å²) in [7, 11) is -4.31. The predicted molar refractivity (Wildman–Crippen MR) is 127 cm³/mol. The number of carbonyl (C=O) groups is 1. The van der Waals surface area contributed by atoms with Gasteiger partial charge in [-0.05, 0) is 35.2 Å². The number of rotatable bonds is 10. The molecule has 1 aromatic heterocycles. The maximum absolute atomic E-state index is 13.6. The topological polar surface area (TPSA) is 117 Å². The Hall–Kier alpha value is -2.90. The Morgan fingerprint density at radius 1 is 1.09 bits per heavy atom. The molecule has 3 N–H and O–H groups in total. The molecule has 0 radical (unpaired) electrons. The lowest BCUT2D eigenvalue weighted by atomic mass is 9.93. The van der Waals surface area contributed by atoms with Gasteiger partial charge in [-0.3, -0.25) is 14.3 Å². The second kappa shape index (κ2) is 11.0. The maximum atomic E-state index is 13.6. The van der Waals surface area contributed by atoms with Crippen LogP contribution in [0.4, 0.5) is 4.39 Å². The lowest BCUT2D eigenvalue weighted by Crippen LogP contribution is -2.18. The van der Waals surface area contributed by atoms with Crippen LogP contribution in [0.1, 0.15) is 37.4 Å². The molecule has 9 heteroatoms. The zero-order valence-electron chi connectivity index (χ0n) is 18.9. The Bertz CT molecular complexity index is 1180. The molecule has 0 aliphatic carbocycles. The van der Waals surface area contributed by atoms with Crippen molar-refractivity contribution in [3.63, 3.8) is 0 Å². The summed E-state index contributed by atoms with van der Waals surface area (Å²) in [5, 5.41) is 18.6. The Morgan fingerprint density at radius 3 is 2.32 bits per heavy atom. The number of benzene rings is 2. The first-order chi connectivity index (χ1) is 16.1. The number of aliphatic hydroxyl groups is 1. The van der Waals surface area contributed by atoms with Gasteiger partial charge < -0.3 is 19.6 Å². The van der Waals surface area contributed by atoms with Crippen LogP contribution in [0.3, 0.4) is 0 Å². The first-order valence-electron chi connectivity index (χ1n) is 10.8. The SMILES string of the molecule is CC(C)c1nc(-c2ccccc2)cc(-c2ccc(F)cc2)c1COP(=O)(O)C[C@H](O)CC(=O)O. The van der Waals surface area contributed by atoms with Gasteiger partial charge in [0, 0.05) is 16.8 Å². The van der Waals surface area contributed by atoms with E-state index in [0.29, 0.717) is 28.1 Å². The van der Waals surface area contributed by atoms with E-state index in [1.54, 1.807) is 12.1 Å². The van der Waals surface area contributed by atoms with Crippen LogP contribution in [0.15, 0.2) is 60.7 Å². The van der Waals surface area contributed by atoms with Crippen molar-refractivity contribution in [2.75, 3.05) is 6.16 Å². The van der Waals surface area contributed by atoms with E-state index in [0.717, 1.165) is 5.56 Å². The van der Waals surface area contributed by atoms with E-state index in [-0.39, 0.29) is 12.5 Å². The van der Waals surface area contributed by atoms with Gasteiger partial charge in [0.2, 0.25) is 0 Å². The number of pyridine rings is 1. The Balaban J connectivity index is 2.04. The van der Waals surface area contributed by atoms with E-state index in [1.807, 2.05) is 50.2 Å². The Morgan fingerprint density at radius 2 is 1.74 bits per heavy atom. The molecule has 7 nitrogen and oxygen atoms in total. The number of hydrogen-bond acceptors (Lipinski definition) is 5. The molecule has 2 aromatic carbocycles. The monoisotopic (exact) mass is 487 g/mol. The van der Waals surface area contributed by atoms with Crippen LogP contribution in [0.2, 0.25) is 0 Å². The summed E-state index contributed by atoms with van der Waals surface area (Å²) in [4.78, 5) is 25.8. The van der Waals surface area contributed by atoms with Crippen LogP contribution in [-0.2, 0) is 20.5 Å². The summed E-state index contributed by atoms with van der Waals surface area (Å²) in [6, 6.07) is 17.2. The third kappa shape index (κ3) is 6.81. The van der Waals surface area contributed by atoms with Gasteiger partial charge in [-0.25, -0.2) is 4.39 Å². The average molecular weight is 487 g/mol. The molecule has 0 aliphatic rings. The molecule has 0 saturated carbocycles. The van der Waals surface area contributed by atoms with E-state index < -0.39 is 38.1 Å². The van der Waals surface area contributed by atoms with Gasteiger partial charge in [0.05, 0.1) is 31.0 Å². The van der Waals surface area contributed by atoms with Gasteiger partial charge in [-0.1, -0.05) is 56.3 Å². The summed E-state index contributed by atoms with van der Waals surface area (Å²) in [6.07, 6.45) is -2.90. The minimum atomic E-state index is -4.31. The Labute approximate surface area is 197 Å². The van der Waals surface area contributed by atoms with Crippen LogP contribution in [-0.4, -0.2) is 38.3 Å². The molecule has 0 bridgehead atoms. The number of aliphatic hydroxyl groups excluding tert-OH is 1. The third-order valence-electron chi connectivity index (χ3n) is 5.19. The zero-order valence-corrected chi connectivity index (χ0v) is 19.8. The molecule has 0 saturated heterocycles. The number of nitrogens with zero attached hydrogens (tertiary/aromatic N) is 1. The van der Waals surface area contributed by atoms with Crippen molar-refractivity contribution in [1.82, 2.24) is 4.98 Å². The highest BCUT2D eigenvalue weighted by molar-refractivity contribution is 7.52. The molecule has 1 heterocycles. The Kier molecular flexibility index (Phi) is 8.33. The normalized spacial score (nSPS) is 14.1. The van der Waals surface area contributed by atoms with Crippen LogP contribution in [0.25, 0.3) is 22.4 Å². The second-order valence-corrected chi connectivity index (χ2v) is 10.2. The number of halogens is 1. The van der Waals surface area contributed by atoms with Gasteiger partial charge in [-0.15, -0.1) is 0 Å². The van der Waals surface area contributed by atoms with Crippen molar-refractivity contribution in [2.45, 2.75) is 38.9 Å². The number of aliphatic carboxylic acids is 1. The molecule has 3 aromatic rings. The lowest BCUT2D eigenvalue weighted by molar-refractivity contribution is -0.138. The molecule has 0 amide bonds. The van der Waals surface area contributed by atoms with Crippen molar-refractivity contribution in [3.05, 3.63) is 77.7 Å².